The molecule has 0 spiro atoms. The monoisotopic (exact) mass is 736 g/mol. The predicted octanol–water partition coefficient (Wildman–Crippen LogP) is 13.2. The fourth-order valence-corrected chi connectivity index (χ4v) is 8.02. The summed E-state index contributed by atoms with van der Waals surface area (Å²) < 4.78 is 46.3. The van der Waals surface area contributed by atoms with Gasteiger partial charge in [-0.25, -0.2) is 15.0 Å². The lowest BCUT2D eigenvalue weighted by atomic mass is 9.93. The van der Waals surface area contributed by atoms with Gasteiger partial charge < -0.3 is 4.57 Å². The van der Waals surface area contributed by atoms with E-state index in [4.69, 9.17) is 15.0 Å². The van der Waals surface area contributed by atoms with Gasteiger partial charge in [0.05, 0.1) is 16.6 Å². The first kappa shape index (κ1) is 34.9. The summed E-state index contributed by atoms with van der Waals surface area (Å²) >= 11 is 0. The number of hydrogen-bond donors (Lipinski definition) is 0. The number of aromatic nitrogens is 4. The zero-order valence-electron chi connectivity index (χ0n) is 30.9. The number of rotatable bonds is 6. The Morgan fingerprint density at radius 1 is 0.446 bits per heavy atom. The van der Waals surface area contributed by atoms with Crippen molar-refractivity contribution < 1.29 is 13.2 Å². The van der Waals surface area contributed by atoms with Gasteiger partial charge in [0.2, 0.25) is 0 Å². The summed E-state index contributed by atoms with van der Waals surface area (Å²) in [7, 11) is 0. The first-order valence-corrected chi connectivity index (χ1v) is 18.4. The van der Waals surface area contributed by atoms with Crippen LogP contribution in [0.2, 0.25) is 0 Å². The van der Waals surface area contributed by atoms with E-state index in [2.05, 4.69) is 67.8 Å². The minimum atomic E-state index is -4.59. The van der Waals surface area contributed by atoms with Crippen molar-refractivity contribution in [1.82, 2.24) is 19.5 Å². The highest BCUT2D eigenvalue weighted by molar-refractivity contribution is 6.10. The maximum atomic E-state index is 14.7. The first-order chi connectivity index (χ1) is 27.1. The second kappa shape index (κ2) is 13.8. The minimum Gasteiger partial charge on any atom is -0.309 e. The van der Waals surface area contributed by atoms with Gasteiger partial charge in [-0.1, -0.05) is 133 Å². The zero-order chi connectivity index (χ0) is 38.6. The molecule has 0 unspecified atom stereocenters. The van der Waals surface area contributed by atoms with Crippen LogP contribution in [0.3, 0.4) is 0 Å². The largest absolute Gasteiger partial charge is 0.417 e. The summed E-state index contributed by atoms with van der Waals surface area (Å²) in [6.07, 6.45) is -4.59. The van der Waals surface area contributed by atoms with E-state index in [1.165, 1.54) is 34.4 Å². The lowest BCUT2D eigenvalue weighted by Crippen LogP contribution is -2.08. The third-order valence-electron chi connectivity index (χ3n) is 10.4. The van der Waals surface area contributed by atoms with E-state index in [9.17, 15) is 13.2 Å². The van der Waals surface area contributed by atoms with E-state index in [-0.39, 0.29) is 11.4 Å². The molecule has 0 aliphatic heterocycles. The summed E-state index contributed by atoms with van der Waals surface area (Å²) in [5.41, 5.74) is 10.2. The molecule has 0 aliphatic rings. The van der Waals surface area contributed by atoms with Crippen LogP contribution in [0.5, 0.6) is 0 Å². The Hall–Kier alpha value is -6.86. The number of benzene rings is 7. The van der Waals surface area contributed by atoms with Gasteiger partial charge in [0.25, 0.3) is 0 Å². The molecule has 4 nitrogen and oxygen atoms in total. The van der Waals surface area contributed by atoms with Crippen LogP contribution in [0.15, 0.2) is 158 Å². The number of nitrogens with zero attached hydrogens (tertiary/aromatic N) is 4. The highest BCUT2D eigenvalue weighted by atomic mass is 19.4. The van der Waals surface area contributed by atoms with Gasteiger partial charge in [-0.2, -0.15) is 13.2 Å². The number of fused-ring (bicyclic) bond motifs is 3. The van der Waals surface area contributed by atoms with Crippen LogP contribution in [-0.2, 0) is 6.18 Å². The maximum Gasteiger partial charge on any atom is 0.417 e. The summed E-state index contributed by atoms with van der Waals surface area (Å²) in [5.74, 6) is 1.10. The average Bonchev–Trinajstić information content (AvgIpc) is 3.54. The summed E-state index contributed by atoms with van der Waals surface area (Å²) in [6, 6.07) is 49.5. The Balaban J connectivity index is 1.35. The Kier molecular flexibility index (Phi) is 8.58. The van der Waals surface area contributed by atoms with Gasteiger partial charge in [0, 0.05) is 33.2 Å². The first-order valence-electron chi connectivity index (χ1n) is 18.4. The van der Waals surface area contributed by atoms with Gasteiger partial charge in [-0.3, -0.25) is 0 Å². The van der Waals surface area contributed by atoms with E-state index in [0.29, 0.717) is 22.8 Å². The molecule has 0 saturated heterocycles. The molecular formula is C49H35F3N4. The molecule has 2 aromatic heterocycles. The van der Waals surface area contributed by atoms with Crippen LogP contribution in [0.1, 0.15) is 22.3 Å². The van der Waals surface area contributed by atoms with Crippen molar-refractivity contribution in [3.05, 3.63) is 180 Å². The second-order valence-corrected chi connectivity index (χ2v) is 14.2. The molecule has 7 heteroatoms. The van der Waals surface area contributed by atoms with Crippen molar-refractivity contribution in [3.8, 4) is 62.1 Å². The molecule has 0 atom stereocenters. The van der Waals surface area contributed by atoms with Crippen LogP contribution in [-0.4, -0.2) is 19.5 Å². The summed E-state index contributed by atoms with van der Waals surface area (Å²) in [4.78, 5) is 14.8. The van der Waals surface area contributed by atoms with Crippen molar-refractivity contribution in [2.24, 2.45) is 0 Å². The van der Waals surface area contributed by atoms with Gasteiger partial charge in [0.1, 0.15) is 0 Å². The summed E-state index contributed by atoms with van der Waals surface area (Å²) in [6.45, 7) is 6.39. The Labute approximate surface area is 322 Å². The van der Waals surface area contributed by atoms with E-state index < -0.39 is 11.7 Å². The van der Waals surface area contributed by atoms with Crippen molar-refractivity contribution in [3.63, 3.8) is 0 Å². The quantitative estimate of drug-likeness (QED) is 0.171. The fraction of sp³-hybridized carbons (Fsp3) is 0.0816. The van der Waals surface area contributed by atoms with E-state index in [1.54, 1.807) is 12.1 Å². The molecule has 9 aromatic rings. The highest BCUT2D eigenvalue weighted by Gasteiger charge is 2.34. The predicted molar refractivity (Wildman–Crippen MR) is 221 cm³/mol. The molecular weight excluding hydrogens is 702 g/mol. The van der Waals surface area contributed by atoms with Crippen LogP contribution in [0.4, 0.5) is 13.2 Å². The van der Waals surface area contributed by atoms with Crippen LogP contribution >= 0.6 is 0 Å². The zero-order valence-corrected chi connectivity index (χ0v) is 30.9. The number of halogens is 3. The Morgan fingerprint density at radius 2 is 1.02 bits per heavy atom. The molecule has 56 heavy (non-hydrogen) atoms. The van der Waals surface area contributed by atoms with Crippen LogP contribution < -0.4 is 0 Å². The van der Waals surface area contributed by atoms with Crippen LogP contribution in [0.25, 0.3) is 83.9 Å². The number of hydrogen-bond acceptors (Lipinski definition) is 3. The molecule has 0 bridgehead atoms. The number of alkyl halides is 3. The van der Waals surface area contributed by atoms with Crippen molar-refractivity contribution in [2.45, 2.75) is 26.9 Å². The molecule has 272 valence electrons. The molecule has 2 heterocycles. The lowest BCUT2D eigenvalue weighted by Gasteiger charge is -2.18. The second-order valence-electron chi connectivity index (χ2n) is 14.2. The smallest absolute Gasteiger partial charge is 0.309 e. The van der Waals surface area contributed by atoms with Crippen molar-refractivity contribution in [2.75, 3.05) is 0 Å². The van der Waals surface area contributed by atoms with E-state index in [1.807, 2.05) is 84.9 Å². The average molecular weight is 737 g/mol. The standard InChI is InChI=1S/C49H35F3N4/c1-30-26-31(2)45(32(3)27-30)35-22-24-40-39-19-11-13-21-43(39)56(44(40)28-35)36-23-25-37(38-18-10-12-20-42(38)49(50,51)52)41(29-36)48-54-46(33-14-6-4-7-15-33)53-47(55-48)34-16-8-5-9-17-34/h4-29H,1-3H3. The van der Waals surface area contributed by atoms with Crippen molar-refractivity contribution >= 4 is 21.8 Å². The Morgan fingerprint density at radius 3 is 1.68 bits per heavy atom. The molecule has 0 amide bonds. The maximum absolute atomic E-state index is 14.7. The Bertz CT molecular complexity index is 2850. The van der Waals surface area contributed by atoms with Gasteiger partial charge in [0.15, 0.2) is 17.5 Å². The third-order valence-corrected chi connectivity index (χ3v) is 10.4. The lowest BCUT2D eigenvalue weighted by molar-refractivity contribution is -0.137. The highest BCUT2D eigenvalue weighted by Crippen LogP contribution is 2.43. The van der Waals surface area contributed by atoms with Gasteiger partial charge in [-0.05, 0) is 84.5 Å². The minimum absolute atomic E-state index is 0.0410. The number of aryl methyl sites for hydroxylation is 3. The fourth-order valence-electron chi connectivity index (χ4n) is 8.02. The molecule has 7 aromatic carbocycles. The van der Waals surface area contributed by atoms with E-state index in [0.717, 1.165) is 50.2 Å². The van der Waals surface area contributed by atoms with E-state index >= 15 is 0 Å². The van der Waals surface area contributed by atoms with Gasteiger partial charge >= 0.3 is 6.18 Å². The molecule has 9 rings (SSSR count). The molecule has 0 radical (unpaired) electrons. The third kappa shape index (κ3) is 6.21. The molecule has 0 N–H and O–H groups in total. The molecule has 0 fully saturated rings. The number of para-hydroxylation sites is 1. The molecule has 0 aliphatic carbocycles. The molecule has 0 saturated carbocycles. The van der Waals surface area contributed by atoms with Gasteiger partial charge in [-0.15, -0.1) is 0 Å². The SMILES string of the molecule is Cc1cc(C)c(-c2ccc3c4ccccc4n(-c4ccc(-c5ccccc5C(F)(F)F)c(-c5nc(-c6ccccc6)nc(-c6ccccc6)n5)c4)c3c2)c(C)c1. The van der Waals surface area contributed by atoms with Crippen LogP contribution in [0, 0.1) is 20.8 Å². The summed E-state index contributed by atoms with van der Waals surface area (Å²) in [5, 5.41) is 2.13. The van der Waals surface area contributed by atoms with Crippen molar-refractivity contribution in [1.29, 1.82) is 0 Å². The normalized spacial score (nSPS) is 11.8. The topological polar surface area (TPSA) is 43.6 Å².